The molecule has 0 saturated heterocycles. The van der Waals surface area contributed by atoms with Crippen molar-refractivity contribution in [2.24, 2.45) is 0 Å². The van der Waals surface area contributed by atoms with E-state index in [0.29, 0.717) is 20.2 Å². The highest BCUT2D eigenvalue weighted by Gasteiger charge is 2.17. The van der Waals surface area contributed by atoms with Crippen molar-refractivity contribution >= 4 is 50.9 Å². The molecule has 0 spiro atoms. The molecule has 2 rings (SSSR count). The first-order valence-electron chi connectivity index (χ1n) is 6.29. The van der Waals surface area contributed by atoms with E-state index < -0.39 is 0 Å². The summed E-state index contributed by atoms with van der Waals surface area (Å²) in [5.74, 6) is 0. The summed E-state index contributed by atoms with van der Waals surface area (Å²) in [5, 5.41) is 6.45. The van der Waals surface area contributed by atoms with E-state index >= 15 is 0 Å². The summed E-state index contributed by atoms with van der Waals surface area (Å²) in [6, 6.07) is 3.51. The number of benzene rings is 1. The lowest BCUT2D eigenvalue weighted by atomic mass is 9.96. The maximum absolute atomic E-state index is 11.9. The number of hydrogen-bond acceptors (Lipinski definition) is 1. The van der Waals surface area contributed by atoms with E-state index in [1.54, 1.807) is 12.1 Å². The van der Waals surface area contributed by atoms with Crippen LogP contribution < -0.4 is 10.6 Å². The van der Waals surface area contributed by atoms with Crippen molar-refractivity contribution < 1.29 is 4.79 Å². The first kappa shape index (κ1) is 14.9. The van der Waals surface area contributed by atoms with E-state index in [1.807, 2.05) is 0 Å². The Balaban J connectivity index is 1.97. The largest absolute Gasteiger partial charge is 0.335 e. The summed E-state index contributed by atoms with van der Waals surface area (Å²) in [5.41, 5.74) is 0.517. The number of anilines is 1. The van der Waals surface area contributed by atoms with E-state index in [9.17, 15) is 4.79 Å². The monoisotopic (exact) mass is 364 g/mol. The Morgan fingerprint density at radius 3 is 2.53 bits per heavy atom. The molecule has 1 aromatic carbocycles. The molecule has 1 fully saturated rings. The molecule has 0 heterocycles. The van der Waals surface area contributed by atoms with Gasteiger partial charge in [0.25, 0.3) is 0 Å². The highest BCUT2D eigenvalue weighted by atomic mass is 79.9. The van der Waals surface area contributed by atoms with Gasteiger partial charge in [0.05, 0.1) is 15.7 Å². The van der Waals surface area contributed by atoms with Crippen molar-refractivity contribution in [1.29, 1.82) is 0 Å². The molecule has 1 saturated carbocycles. The zero-order chi connectivity index (χ0) is 13.8. The summed E-state index contributed by atoms with van der Waals surface area (Å²) in [6.07, 6.45) is 5.70. The Labute approximate surface area is 131 Å². The highest BCUT2D eigenvalue weighted by molar-refractivity contribution is 9.10. The second-order valence-electron chi connectivity index (χ2n) is 4.66. The molecule has 0 radical (unpaired) electrons. The smallest absolute Gasteiger partial charge is 0.319 e. The van der Waals surface area contributed by atoms with Gasteiger partial charge in [-0.1, -0.05) is 42.5 Å². The van der Waals surface area contributed by atoms with Crippen LogP contribution in [-0.4, -0.2) is 12.1 Å². The second kappa shape index (κ2) is 6.82. The molecule has 2 N–H and O–H groups in total. The fraction of sp³-hybridized carbons (Fsp3) is 0.462. The fourth-order valence-corrected chi connectivity index (χ4v) is 3.03. The number of hydrogen-bond donors (Lipinski definition) is 2. The summed E-state index contributed by atoms with van der Waals surface area (Å²) >= 11 is 15.4. The van der Waals surface area contributed by atoms with Crippen LogP contribution in [0.3, 0.4) is 0 Å². The third kappa shape index (κ3) is 4.01. The molecule has 0 atom stereocenters. The molecule has 19 heavy (non-hydrogen) atoms. The number of amides is 2. The minimum Gasteiger partial charge on any atom is -0.335 e. The van der Waals surface area contributed by atoms with Crippen molar-refractivity contribution in [3.8, 4) is 0 Å². The summed E-state index contributed by atoms with van der Waals surface area (Å²) < 4.78 is 0.706. The van der Waals surface area contributed by atoms with Crippen molar-refractivity contribution in [1.82, 2.24) is 5.32 Å². The normalized spacial score (nSPS) is 16.2. The van der Waals surface area contributed by atoms with Crippen LogP contribution in [0.1, 0.15) is 32.1 Å². The molecular weight excluding hydrogens is 351 g/mol. The Morgan fingerprint density at radius 1 is 1.16 bits per heavy atom. The van der Waals surface area contributed by atoms with E-state index in [0.717, 1.165) is 12.8 Å². The zero-order valence-electron chi connectivity index (χ0n) is 10.3. The van der Waals surface area contributed by atoms with Crippen LogP contribution in [0.4, 0.5) is 10.5 Å². The van der Waals surface area contributed by atoms with Crippen LogP contribution >= 0.6 is 39.1 Å². The molecule has 6 heteroatoms. The molecule has 1 aliphatic carbocycles. The van der Waals surface area contributed by atoms with Crippen LogP contribution in [-0.2, 0) is 0 Å². The standard InChI is InChI=1S/C13H15BrCl2N2O/c14-9-6-7-10(12(16)11(9)15)18-13(19)17-8-4-2-1-3-5-8/h6-8H,1-5H2,(H2,17,18,19). The van der Waals surface area contributed by atoms with E-state index in [1.165, 1.54) is 19.3 Å². The van der Waals surface area contributed by atoms with Gasteiger partial charge in [0.15, 0.2) is 0 Å². The van der Waals surface area contributed by atoms with Crippen LogP contribution in [0.25, 0.3) is 0 Å². The number of urea groups is 1. The van der Waals surface area contributed by atoms with Gasteiger partial charge in [0, 0.05) is 10.5 Å². The average molecular weight is 366 g/mol. The summed E-state index contributed by atoms with van der Waals surface area (Å²) in [6.45, 7) is 0. The van der Waals surface area contributed by atoms with E-state index in [2.05, 4.69) is 26.6 Å². The van der Waals surface area contributed by atoms with Gasteiger partial charge < -0.3 is 10.6 Å². The third-order valence-corrected chi connectivity index (χ3v) is 4.99. The molecule has 2 amide bonds. The predicted octanol–water partition coefficient (Wildman–Crippen LogP) is 5.21. The lowest BCUT2D eigenvalue weighted by Gasteiger charge is -2.23. The Morgan fingerprint density at radius 2 is 1.84 bits per heavy atom. The quantitative estimate of drug-likeness (QED) is 0.694. The van der Waals surface area contributed by atoms with Crippen molar-refractivity contribution in [2.45, 2.75) is 38.1 Å². The minimum absolute atomic E-state index is 0.229. The van der Waals surface area contributed by atoms with Gasteiger partial charge in [-0.05, 0) is 40.9 Å². The molecule has 0 bridgehead atoms. The molecule has 104 valence electrons. The lowest BCUT2D eigenvalue weighted by molar-refractivity contribution is 0.244. The van der Waals surface area contributed by atoms with Gasteiger partial charge in [-0.25, -0.2) is 4.79 Å². The van der Waals surface area contributed by atoms with Crippen LogP contribution in [0.2, 0.25) is 10.0 Å². The van der Waals surface area contributed by atoms with E-state index in [-0.39, 0.29) is 12.1 Å². The summed E-state index contributed by atoms with van der Waals surface area (Å²) in [7, 11) is 0. The Bertz CT molecular complexity index is 476. The SMILES string of the molecule is O=C(Nc1ccc(Br)c(Cl)c1Cl)NC1CCCCC1. The zero-order valence-corrected chi connectivity index (χ0v) is 13.4. The summed E-state index contributed by atoms with van der Waals surface area (Å²) in [4.78, 5) is 11.9. The number of carbonyl (C=O) groups is 1. The highest BCUT2D eigenvalue weighted by Crippen LogP contribution is 2.35. The van der Waals surface area contributed by atoms with Crippen LogP contribution in [0, 0.1) is 0 Å². The molecule has 0 aromatic heterocycles. The number of rotatable bonds is 2. The molecular formula is C13H15BrCl2N2O. The van der Waals surface area contributed by atoms with Crippen molar-refractivity contribution in [3.63, 3.8) is 0 Å². The van der Waals surface area contributed by atoms with Crippen LogP contribution in [0.5, 0.6) is 0 Å². The lowest BCUT2D eigenvalue weighted by Crippen LogP contribution is -2.39. The first-order chi connectivity index (χ1) is 9.08. The molecule has 3 nitrogen and oxygen atoms in total. The second-order valence-corrected chi connectivity index (χ2v) is 6.27. The maximum Gasteiger partial charge on any atom is 0.319 e. The number of nitrogens with one attached hydrogen (secondary N) is 2. The van der Waals surface area contributed by atoms with Crippen molar-refractivity contribution in [3.05, 3.63) is 26.7 Å². The molecule has 0 unspecified atom stereocenters. The van der Waals surface area contributed by atoms with Gasteiger partial charge in [-0.3, -0.25) is 0 Å². The number of carbonyl (C=O) groups excluding carboxylic acids is 1. The van der Waals surface area contributed by atoms with Gasteiger partial charge in [0.2, 0.25) is 0 Å². The van der Waals surface area contributed by atoms with E-state index in [4.69, 9.17) is 23.2 Å². The minimum atomic E-state index is -0.229. The topological polar surface area (TPSA) is 41.1 Å². The number of halogens is 3. The van der Waals surface area contributed by atoms with Gasteiger partial charge in [0.1, 0.15) is 0 Å². The molecule has 0 aliphatic heterocycles. The van der Waals surface area contributed by atoms with Crippen LogP contribution in [0.15, 0.2) is 16.6 Å². The average Bonchev–Trinajstić information content (AvgIpc) is 2.41. The Hall–Kier alpha value is -0.450. The Kier molecular flexibility index (Phi) is 5.37. The predicted molar refractivity (Wildman–Crippen MR) is 83.2 cm³/mol. The molecule has 1 aliphatic rings. The van der Waals surface area contributed by atoms with Gasteiger partial charge >= 0.3 is 6.03 Å². The molecule has 1 aromatic rings. The third-order valence-electron chi connectivity index (χ3n) is 3.22. The fourth-order valence-electron chi connectivity index (χ4n) is 2.21. The maximum atomic E-state index is 11.9. The van der Waals surface area contributed by atoms with Gasteiger partial charge in [-0.2, -0.15) is 0 Å². The first-order valence-corrected chi connectivity index (χ1v) is 7.84. The van der Waals surface area contributed by atoms with Crippen molar-refractivity contribution in [2.75, 3.05) is 5.32 Å². The van der Waals surface area contributed by atoms with Gasteiger partial charge in [-0.15, -0.1) is 0 Å².